The maximum atomic E-state index is 12.4. The second kappa shape index (κ2) is 9.13. The minimum atomic E-state index is -0.468. The Morgan fingerprint density at radius 3 is 2.19 bits per heavy atom. The number of hydrogen-bond donors (Lipinski definition) is 2. The van der Waals surface area contributed by atoms with Crippen molar-refractivity contribution in [2.45, 2.75) is 20.0 Å². The molecular weight excluding hydrogens is 338 g/mol. The Labute approximate surface area is 161 Å². The molecule has 0 spiro atoms. The van der Waals surface area contributed by atoms with Gasteiger partial charge in [0.1, 0.15) is 0 Å². The summed E-state index contributed by atoms with van der Waals surface area (Å²) in [6.07, 6.45) is -0.468. The largest absolute Gasteiger partial charge is 0.387 e. The van der Waals surface area contributed by atoms with Crippen LogP contribution < -0.4 is 5.32 Å². The molecule has 1 fully saturated rings. The minimum absolute atomic E-state index is 0.0326. The Hall–Kier alpha value is -2.21. The summed E-state index contributed by atoms with van der Waals surface area (Å²) >= 11 is 0. The van der Waals surface area contributed by atoms with Gasteiger partial charge in [-0.2, -0.15) is 0 Å². The molecule has 27 heavy (non-hydrogen) atoms. The average molecular weight is 367 g/mol. The van der Waals surface area contributed by atoms with Crippen molar-refractivity contribution in [1.29, 1.82) is 0 Å². The normalized spacial score (nSPS) is 16.9. The molecule has 1 aliphatic heterocycles. The van der Waals surface area contributed by atoms with Crippen LogP contribution in [0.15, 0.2) is 48.5 Å². The van der Waals surface area contributed by atoms with E-state index in [1.54, 1.807) is 0 Å². The number of carbonyl (C=O) groups is 1. The zero-order chi connectivity index (χ0) is 19.2. The third-order valence-corrected chi connectivity index (χ3v) is 5.19. The first-order chi connectivity index (χ1) is 13.0. The van der Waals surface area contributed by atoms with Gasteiger partial charge >= 0.3 is 0 Å². The van der Waals surface area contributed by atoms with Gasteiger partial charge < -0.3 is 10.4 Å². The lowest BCUT2D eigenvalue weighted by Crippen LogP contribution is -2.49. The predicted molar refractivity (Wildman–Crippen MR) is 109 cm³/mol. The highest BCUT2D eigenvalue weighted by atomic mass is 16.3. The monoisotopic (exact) mass is 367 g/mol. The predicted octanol–water partition coefficient (Wildman–Crippen LogP) is 2.59. The fourth-order valence-corrected chi connectivity index (χ4v) is 3.55. The molecular formula is C22H29N3O2. The van der Waals surface area contributed by atoms with Crippen molar-refractivity contribution in [1.82, 2.24) is 9.80 Å². The maximum absolute atomic E-state index is 12.4. The van der Waals surface area contributed by atoms with Crippen LogP contribution in [0, 0.1) is 13.8 Å². The quantitative estimate of drug-likeness (QED) is 0.824. The number of β-amino-alcohol motifs (C(OH)–C–C–N with tert-alkyl or cyclic N) is 1. The molecule has 0 saturated carbocycles. The number of benzene rings is 2. The van der Waals surface area contributed by atoms with E-state index in [2.05, 4.69) is 15.1 Å². The van der Waals surface area contributed by atoms with Crippen molar-refractivity contribution < 1.29 is 9.90 Å². The van der Waals surface area contributed by atoms with Gasteiger partial charge in [0, 0.05) is 38.4 Å². The first kappa shape index (κ1) is 19.5. The zero-order valence-corrected chi connectivity index (χ0v) is 16.2. The van der Waals surface area contributed by atoms with E-state index in [1.165, 1.54) is 0 Å². The van der Waals surface area contributed by atoms with Gasteiger partial charge in [0.25, 0.3) is 0 Å². The highest BCUT2D eigenvalue weighted by Crippen LogP contribution is 2.19. The van der Waals surface area contributed by atoms with Crippen molar-refractivity contribution in [2.75, 3.05) is 44.6 Å². The fourth-order valence-electron chi connectivity index (χ4n) is 3.55. The van der Waals surface area contributed by atoms with Gasteiger partial charge in [-0.15, -0.1) is 0 Å². The molecule has 2 aromatic carbocycles. The van der Waals surface area contributed by atoms with Gasteiger partial charge in [-0.05, 0) is 30.5 Å². The van der Waals surface area contributed by atoms with Gasteiger partial charge in [0.05, 0.1) is 12.6 Å². The van der Waals surface area contributed by atoms with Gasteiger partial charge in [0.2, 0.25) is 5.91 Å². The molecule has 1 saturated heterocycles. The number of piperazine rings is 1. The van der Waals surface area contributed by atoms with E-state index >= 15 is 0 Å². The SMILES string of the molecule is Cc1cccc(C)c1NC(=O)CN1CCN(C[C@H](O)c2ccccc2)CC1. The molecule has 1 amide bonds. The molecule has 1 aliphatic rings. The first-order valence-corrected chi connectivity index (χ1v) is 9.56. The molecule has 0 unspecified atom stereocenters. The van der Waals surface area contributed by atoms with E-state index in [4.69, 9.17) is 0 Å². The van der Waals surface area contributed by atoms with Crippen LogP contribution in [0.5, 0.6) is 0 Å². The molecule has 1 heterocycles. The summed E-state index contributed by atoms with van der Waals surface area (Å²) in [7, 11) is 0. The molecule has 5 nitrogen and oxygen atoms in total. The fraction of sp³-hybridized carbons (Fsp3) is 0.409. The Morgan fingerprint density at radius 1 is 0.963 bits per heavy atom. The second-order valence-corrected chi connectivity index (χ2v) is 7.32. The summed E-state index contributed by atoms with van der Waals surface area (Å²) in [6, 6.07) is 15.8. The van der Waals surface area contributed by atoms with Crippen molar-refractivity contribution in [2.24, 2.45) is 0 Å². The number of aliphatic hydroxyl groups is 1. The van der Waals surface area contributed by atoms with E-state index in [0.29, 0.717) is 13.1 Å². The number of aliphatic hydroxyl groups excluding tert-OH is 1. The maximum Gasteiger partial charge on any atom is 0.238 e. The number of nitrogens with one attached hydrogen (secondary N) is 1. The van der Waals surface area contributed by atoms with Crippen LogP contribution in [-0.4, -0.2) is 60.1 Å². The third-order valence-electron chi connectivity index (χ3n) is 5.19. The number of carbonyl (C=O) groups excluding carboxylic acids is 1. The topological polar surface area (TPSA) is 55.8 Å². The number of anilines is 1. The molecule has 0 bridgehead atoms. The highest BCUT2D eigenvalue weighted by Gasteiger charge is 2.21. The standard InChI is InChI=1S/C22H29N3O2/c1-17-7-6-8-18(2)22(17)23-21(27)16-25-13-11-24(12-14-25)15-20(26)19-9-4-3-5-10-19/h3-10,20,26H,11-16H2,1-2H3,(H,23,27)/t20-/m0/s1. The molecule has 1 atom stereocenters. The molecule has 0 aliphatic carbocycles. The lowest BCUT2D eigenvalue weighted by Gasteiger charge is -2.35. The average Bonchev–Trinajstić information content (AvgIpc) is 2.67. The smallest absolute Gasteiger partial charge is 0.238 e. The molecule has 2 aromatic rings. The Bertz CT molecular complexity index is 735. The lowest BCUT2D eigenvalue weighted by atomic mass is 10.1. The van der Waals surface area contributed by atoms with Crippen LogP contribution >= 0.6 is 0 Å². The van der Waals surface area contributed by atoms with Crippen LogP contribution in [-0.2, 0) is 4.79 Å². The summed E-state index contributed by atoms with van der Waals surface area (Å²) in [5, 5.41) is 13.4. The molecule has 144 valence electrons. The number of amides is 1. The van der Waals surface area contributed by atoms with E-state index in [9.17, 15) is 9.90 Å². The highest BCUT2D eigenvalue weighted by molar-refractivity contribution is 5.93. The number of rotatable bonds is 6. The second-order valence-electron chi connectivity index (χ2n) is 7.32. The zero-order valence-electron chi connectivity index (χ0n) is 16.2. The number of para-hydroxylation sites is 1. The number of hydrogen-bond acceptors (Lipinski definition) is 4. The summed E-state index contributed by atoms with van der Waals surface area (Å²) in [4.78, 5) is 16.9. The van der Waals surface area contributed by atoms with E-state index in [0.717, 1.165) is 48.6 Å². The first-order valence-electron chi connectivity index (χ1n) is 9.56. The van der Waals surface area contributed by atoms with Crippen molar-refractivity contribution in [3.8, 4) is 0 Å². The van der Waals surface area contributed by atoms with Crippen LogP contribution in [0.25, 0.3) is 0 Å². The van der Waals surface area contributed by atoms with Gasteiger partial charge in [0.15, 0.2) is 0 Å². The summed E-state index contributed by atoms with van der Waals surface area (Å²) in [5.74, 6) is 0.0326. The van der Waals surface area contributed by atoms with Gasteiger partial charge in [-0.1, -0.05) is 48.5 Å². The minimum Gasteiger partial charge on any atom is -0.387 e. The summed E-state index contributed by atoms with van der Waals surface area (Å²) in [5.41, 5.74) is 4.05. The van der Waals surface area contributed by atoms with E-state index in [-0.39, 0.29) is 5.91 Å². The van der Waals surface area contributed by atoms with E-state index < -0.39 is 6.10 Å². The molecule has 2 N–H and O–H groups in total. The molecule has 3 rings (SSSR count). The summed E-state index contributed by atoms with van der Waals surface area (Å²) < 4.78 is 0. The molecule has 0 aromatic heterocycles. The Balaban J connectivity index is 1.45. The summed E-state index contributed by atoms with van der Waals surface area (Å²) in [6.45, 7) is 8.46. The van der Waals surface area contributed by atoms with Crippen molar-refractivity contribution in [3.63, 3.8) is 0 Å². The number of nitrogens with zero attached hydrogens (tertiary/aromatic N) is 2. The molecule has 0 radical (unpaired) electrons. The number of aryl methyl sites for hydroxylation is 2. The van der Waals surface area contributed by atoms with Crippen LogP contribution in [0.4, 0.5) is 5.69 Å². The van der Waals surface area contributed by atoms with Gasteiger partial charge in [-0.25, -0.2) is 0 Å². The van der Waals surface area contributed by atoms with Crippen molar-refractivity contribution >= 4 is 11.6 Å². The molecule has 5 heteroatoms. The van der Waals surface area contributed by atoms with Crippen LogP contribution in [0.3, 0.4) is 0 Å². The van der Waals surface area contributed by atoms with Crippen LogP contribution in [0.2, 0.25) is 0 Å². The van der Waals surface area contributed by atoms with Crippen LogP contribution in [0.1, 0.15) is 22.8 Å². The third kappa shape index (κ3) is 5.39. The van der Waals surface area contributed by atoms with Gasteiger partial charge in [-0.3, -0.25) is 14.6 Å². The lowest BCUT2D eigenvalue weighted by molar-refractivity contribution is -0.117. The van der Waals surface area contributed by atoms with E-state index in [1.807, 2.05) is 62.4 Å². The Kier molecular flexibility index (Phi) is 6.61. The van der Waals surface area contributed by atoms with Crippen molar-refractivity contribution in [3.05, 3.63) is 65.2 Å². The Morgan fingerprint density at radius 2 is 1.56 bits per heavy atom.